The monoisotopic (exact) mass is 344 g/mol. The number of nitrogens with zero attached hydrogens (tertiary/aromatic N) is 2. The lowest BCUT2D eigenvalue weighted by Crippen LogP contribution is -2.15. The number of nitro benzene ring substituents is 1. The number of rotatable bonds is 4. The van der Waals surface area contributed by atoms with Gasteiger partial charge in [-0.05, 0) is 12.1 Å². The lowest BCUT2D eigenvalue weighted by molar-refractivity contribution is -0.384. The van der Waals surface area contributed by atoms with E-state index >= 15 is 0 Å². The molecule has 0 aliphatic heterocycles. The van der Waals surface area contributed by atoms with Gasteiger partial charge in [0.2, 0.25) is 0 Å². The number of nitrogens with two attached hydrogens (primary N) is 1. The molecule has 2 rings (SSSR count). The molecule has 0 unspecified atom stereocenters. The normalized spacial score (nSPS) is 10.3. The Balaban J connectivity index is 2.54. The number of hydrogen-bond donors (Lipinski definition) is 2. The molecule has 114 valence electrons. The molecule has 0 aliphatic carbocycles. The lowest BCUT2D eigenvalue weighted by Gasteiger charge is -2.12. The molecule has 0 saturated heterocycles. The van der Waals surface area contributed by atoms with Gasteiger partial charge in [0, 0.05) is 12.1 Å². The minimum absolute atomic E-state index is 0.0168. The summed E-state index contributed by atoms with van der Waals surface area (Å²) in [6.45, 7) is 0. The van der Waals surface area contributed by atoms with Gasteiger partial charge in [-0.15, -0.1) is 0 Å². The van der Waals surface area contributed by atoms with Crippen LogP contribution >= 0.6 is 23.2 Å². The van der Waals surface area contributed by atoms with Gasteiger partial charge >= 0.3 is 0 Å². The number of pyridine rings is 1. The van der Waals surface area contributed by atoms with E-state index in [1.165, 1.54) is 6.07 Å². The van der Waals surface area contributed by atoms with Gasteiger partial charge < -0.3 is 11.1 Å². The van der Waals surface area contributed by atoms with E-state index in [0.29, 0.717) is 0 Å². The van der Waals surface area contributed by atoms with Crippen molar-refractivity contribution in [3.63, 3.8) is 0 Å². The van der Waals surface area contributed by atoms with E-state index in [1.807, 2.05) is 0 Å². The van der Waals surface area contributed by atoms with Crippen LogP contribution in [0.15, 0.2) is 24.3 Å². The van der Waals surface area contributed by atoms with Crippen molar-refractivity contribution in [3.8, 4) is 0 Å². The van der Waals surface area contributed by atoms with E-state index < -0.39 is 16.6 Å². The molecule has 0 radical (unpaired) electrons. The zero-order chi connectivity index (χ0) is 16.4. The number of nitrogens with one attached hydrogen (secondary N) is 1. The Morgan fingerprint density at radius 2 is 2.00 bits per heavy atom. The number of carbonyl (C=O) groups excluding carboxylic acids is 1. The van der Waals surface area contributed by atoms with Gasteiger partial charge in [0.1, 0.15) is 21.7 Å². The topological polar surface area (TPSA) is 111 Å². The molecule has 0 bridgehead atoms. The molecule has 0 atom stereocenters. The molecule has 2 aromatic rings. The van der Waals surface area contributed by atoms with Crippen LogP contribution < -0.4 is 11.1 Å². The highest BCUT2D eigenvalue weighted by Crippen LogP contribution is 2.30. The average molecular weight is 345 g/mol. The molecule has 0 saturated carbocycles. The fourth-order valence-corrected chi connectivity index (χ4v) is 2.21. The van der Waals surface area contributed by atoms with Crippen LogP contribution in [0.1, 0.15) is 10.4 Å². The van der Waals surface area contributed by atoms with Crippen molar-refractivity contribution in [3.05, 3.63) is 56.1 Å². The Hall–Kier alpha value is -2.45. The van der Waals surface area contributed by atoms with E-state index in [4.69, 9.17) is 28.9 Å². The summed E-state index contributed by atoms with van der Waals surface area (Å²) in [5.74, 6) is -1.69. The first-order chi connectivity index (χ1) is 10.3. The number of aromatic nitrogens is 1. The number of carbonyl (C=O) groups is 1. The summed E-state index contributed by atoms with van der Waals surface area (Å²) in [5.41, 5.74) is 4.38. The molecule has 1 amide bonds. The molecule has 0 spiro atoms. The Bertz CT molecular complexity index is 785. The number of primary amides is 1. The first kappa shape index (κ1) is 15.9. The molecular formula is C12H7Cl2FN4O3. The van der Waals surface area contributed by atoms with Crippen molar-refractivity contribution in [2.75, 3.05) is 5.32 Å². The highest BCUT2D eigenvalue weighted by Gasteiger charge is 2.18. The van der Waals surface area contributed by atoms with Crippen molar-refractivity contribution in [1.82, 2.24) is 4.98 Å². The van der Waals surface area contributed by atoms with Gasteiger partial charge in [0.05, 0.1) is 16.3 Å². The molecule has 3 N–H and O–H groups in total. The number of anilines is 2. The largest absolute Gasteiger partial charge is 0.365 e. The predicted octanol–water partition coefficient (Wildman–Crippen LogP) is 3.28. The van der Waals surface area contributed by atoms with Gasteiger partial charge in [-0.1, -0.05) is 23.2 Å². The summed E-state index contributed by atoms with van der Waals surface area (Å²) in [6, 6.07) is 4.07. The summed E-state index contributed by atoms with van der Waals surface area (Å²) in [7, 11) is 0. The molecule has 1 aromatic heterocycles. The van der Waals surface area contributed by atoms with Crippen molar-refractivity contribution < 1.29 is 14.1 Å². The average Bonchev–Trinajstić information content (AvgIpc) is 2.39. The standard InChI is InChI=1S/C12H7Cl2FN4O3/c13-9-4-8(10(12(16)20)11(14)18-9)17-7-3-5(19(21)22)1-2-6(7)15/h1-4H,(H2,16,20)(H,17,18). The number of amides is 1. The minimum Gasteiger partial charge on any atom is -0.365 e. The van der Waals surface area contributed by atoms with Crippen LogP contribution in [0, 0.1) is 15.9 Å². The number of nitro groups is 1. The molecule has 1 aromatic carbocycles. The maximum atomic E-state index is 13.8. The number of benzene rings is 1. The Kier molecular flexibility index (Phi) is 4.43. The van der Waals surface area contributed by atoms with Gasteiger partial charge in [-0.2, -0.15) is 0 Å². The number of halogens is 3. The van der Waals surface area contributed by atoms with Gasteiger partial charge in [-0.25, -0.2) is 9.37 Å². The lowest BCUT2D eigenvalue weighted by atomic mass is 10.2. The van der Waals surface area contributed by atoms with Crippen molar-refractivity contribution in [2.24, 2.45) is 5.73 Å². The smallest absolute Gasteiger partial charge is 0.271 e. The van der Waals surface area contributed by atoms with Crippen molar-refractivity contribution >= 4 is 46.2 Å². The van der Waals surface area contributed by atoms with Crippen LogP contribution in [0.2, 0.25) is 10.3 Å². The van der Waals surface area contributed by atoms with Crippen LogP contribution in [0.3, 0.4) is 0 Å². The zero-order valence-corrected chi connectivity index (χ0v) is 12.2. The van der Waals surface area contributed by atoms with Gasteiger partial charge in [0.25, 0.3) is 11.6 Å². The third-order valence-electron chi connectivity index (χ3n) is 2.62. The van der Waals surface area contributed by atoms with Crippen LogP contribution in [0.5, 0.6) is 0 Å². The summed E-state index contributed by atoms with van der Waals surface area (Å²) >= 11 is 11.5. The number of non-ortho nitro benzene ring substituents is 1. The fourth-order valence-electron chi connectivity index (χ4n) is 1.69. The minimum atomic E-state index is -0.914. The Morgan fingerprint density at radius 3 is 2.59 bits per heavy atom. The summed E-state index contributed by atoms with van der Waals surface area (Å²) < 4.78 is 13.8. The van der Waals surface area contributed by atoms with Crippen molar-refractivity contribution in [2.45, 2.75) is 0 Å². The van der Waals surface area contributed by atoms with E-state index in [2.05, 4.69) is 10.3 Å². The van der Waals surface area contributed by atoms with Gasteiger partial charge in [0.15, 0.2) is 0 Å². The Labute approximate surface area is 133 Å². The fraction of sp³-hybridized carbons (Fsp3) is 0. The van der Waals surface area contributed by atoms with Crippen LogP contribution in [-0.4, -0.2) is 15.8 Å². The number of hydrogen-bond acceptors (Lipinski definition) is 5. The first-order valence-electron chi connectivity index (χ1n) is 5.66. The molecule has 22 heavy (non-hydrogen) atoms. The van der Waals surface area contributed by atoms with Gasteiger partial charge in [-0.3, -0.25) is 14.9 Å². The van der Waals surface area contributed by atoms with Crippen LogP contribution in [0.25, 0.3) is 0 Å². The maximum Gasteiger partial charge on any atom is 0.271 e. The Morgan fingerprint density at radius 1 is 1.32 bits per heavy atom. The summed E-state index contributed by atoms with van der Waals surface area (Å²) in [6.07, 6.45) is 0. The second-order valence-corrected chi connectivity index (χ2v) is 4.81. The molecule has 7 nitrogen and oxygen atoms in total. The van der Waals surface area contributed by atoms with Crippen LogP contribution in [-0.2, 0) is 0 Å². The highest BCUT2D eigenvalue weighted by molar-refractivity contribution is 6.35. The summed E-state index contributed by atoms with van der Waals surface area (Å²) in [4.78, 5) is 25.1. The SMILES string of the molecule is NC(=O)c1c(Nc2cc([N+](=O)[O-])ccc2F)cc(Cl)nc1Cl. The van der Waals surface area contributed by atoms with E-state index in [9.17, 15) is 19.3 Å². The first-order valence-corrected chi connectivity index (χ1v) is 6.42. The third-order valence-corrected chi connectivity index (χ3v) is 3.09. The maximum absolute atomic E-state index is 13.8. The predicted molar refractivity (Wildman–Crippen MR) is 79.1 cm³/mol. The van der Waals surface area contributed by atoms with Crippen molar-refractivity contribution in [1.29, 1.82) is 0 Å². The van der Waals surface area contributed by atoms with Crippen LogP contribution in [0.4, 0.5) is 21.5 Å². The van der Waals surface area contributed by atoms with E-state index in [0.717, 1.165) is 18.2 Å². The van der Waals surface area contributed by atoms with E-state index in [-0.39, 0.29) is 32.9 Å². The summed E-state index contributed by atoms with van der Waals surface area (Å²) in [5, 5.41) is 12.9. The molecule has 10 heteroatoms. The molecule has 1 heterocycles. The second kappa shape index (κ2) is 6.12. The third kappa shape index (κ3) is 3.23. The second-order valence-electron chi connectivity index (χ2n) is 4.07. The molecular weight excluding hydrogens is 338 g/mol. The zero-order valence-electron chi connectivity index (χ0n) is 10.6. The molecule has 0 fully saturated rings. The quantitative estimate of drug-likeness (QED) is 0.502. The molecule has 0 aliphatic rings. The highest BCUT2D eigenvalue weighted by atomic mass is 35.5. The van der Waals surface area contributed by atoms with E-state index in [1.54, 1.807) is 0 Å².